The maximum atomic E-state index is 12.6. The third-order valence-corrected chi connectivity index (χ3v) is 5.04. The van der Waals surface area contributed by atoms with Gasteiger partial charge in [0.25, 0.3) is 5.91 Å². The predicted octanol–water partition coefficient (Wildman–Crippen LogP) is 3.14. The van der Waals surface area contributed by atoms with Crippen molar-refractivity contribution in [2.24, 2.45) is 5.92 Å². The average Bonchev–Trinajstić information content (AvgIpc) is 2.74. The summed E-state index contributed by atoms with van der Waals surface area (Å²) >= 11 is 0. The standard InChI is InChI=1S/C22H22F3N3O3/c23-22(24,25)17-8-5-14(6-9-17)20(30)27-12-11-26-19(29)10-7-16-13-15-3-1-2-4-18(15)28-21(16)31/h1-6,8-9,16H,7,10-13H2,(H,26,29)(H,27,30)(H,28,31). The molecule has 164 valence electrons. The van der Waals surface area contributed by atoms with Gasteiger partial charge >= 0.3 is 6.18 Å². The first kappa shape index (κ1) is 22.3. The molecular formula is C22H22F3N3O3. The zero-order chi connectivity index (χ0) is 22.4. The molecule has 1 aliphatic heterocycles. The van der Waals surface area contributed by atoms with Crippen molar-refractivity contribution in [1.82, 2.24) is 10.6 Å². The average molecular weight is 433 g/mol. The molecule has 0 spiro atoms. The van der Waals surface area contributed by atoms with Gasteiger partial charge in [0.15, 0.2) is 0 Å². The first-order chi connectivity index (χ1) is 14.7. The van der Waals surface area contributed by atoms with Crippen LogP contribution in [-0.4, -0.2) is 30.8 Å². The Morgan fingerprint density at radius 1 is 1.00 bits per heavy atom. The summed E-state index contributed by atoms with van der Waals surface area (Å²) in [6.07, 6.45) is -3.30. The molecule has 0 saturated carbocycles. The van der Waals surface area contributed by atoms with E-state index in [2.05, 4.69) is 16.0 Å². The number of hydrogen-bond acceptors (Lipinski definition) is 3. The number of carbonyl (C=O) groups is 3. The molecule has 0 fully saturated rings. The first-order valence-corrected chi connectivity index (χ1v) is 9.85. The molecule has 1 unspecified atom stereocenters. The molecule has 0 aliphatic carbocycles. The van der Waals surface area contributed by atoms with Crippen molar-refractivity contribution < 1.29 is 27.6 Å². The third-order valence-electron chi connectivity index (χ3n) is 5.04. The van der Waals surface area contributed by atoms with Gasteiger partial charge in [0, 0.05) is 36.7 Å². The van der Waals surface area contributed by atoms with Crippen LogP contribution in [0.1, 0.15) is 34.3 Å². The molecule has 31 heavy (non-hydrogen) atoms. The number of halogens is 3. The van der Waals surface area contributed by atoms with E-state index in [0.29, 0.717) is 12.8 Å². The highest BCUT2D eigenvalue weighted by molar-refractivity contribution is 5.96. The molecular weight excluding hydrogens is 411 g/mol. The first-order valence-electron chi connectivity index (χ1n) is 9.85. The van der Waals surface area contributed by atoms with Crippen LogP contribution in [-0.2, 0) is 22.2 Å². The van der Waals surface area contributed by atoms with Gasteiger partial charge in [-0.25, -0.2) is 0 Å². The Labute approximate surface area is 177 Å². The van der Waals surface area contributed by atoms with Gasteiger partial charge in [-0.2, -0.15) is 13.2 Å². The van der Waals surface area contributed by atoms with Crippen LogP contribution in [0, 0.1) is 5.92 Å². The lowest BCUT2D eigenvalue weighted by molar-refractivity contribution is -0.137. The number of alkyl halides is 3. The summed E-state index contributed by atoms with van der Waals surface area (Å²) in [4.78, 5) is 36.2. The molecule has 2 aromatic carbocycles. The number of rotatable bonds is 7. The lowest BCUT2D eigenvalue weighted by atomic mass is 9.89. The molecule has 9 heteroatoms. The van der Waals surface area contributed by atoms with Gasteiger partial charge in [0.2, 0.25) is 11.8 Å². The van der Waals surface area contributed by atoms with E-state index in [1.54, 1.807) is 0 Å². The Hall–Kier alpha value is -3.36. The fraction of sp³-hybridized carbons (Fsp3) is 0.318. The van der Waals surface area contributed by atoms with E-state index in [4.69, 9.17) is 0 Å². The topological polar surface area (TPSA) is 87.3 Å². The number of carbonyl (C=O) groups excluding carboxylic acids is 3. The number of amides is 3. The molecule has 6 nitrogen and oxygen atoms in total. The molecule has 2 aromatic rings. The Morgan fingerprint density at radius 2 is 1.68 bits per heavy atom. The normalized spacial score (nSPS) is 15.6. The largest absolute Gasteiger partial charge is 0.416 e. The molecule has 1 aliphatic rings. The summed E-state index contributed by atoms with van der Waals surface area (Å²) in [6, 6.07) is 11.4. The highest BCUT2D eigenvalue weighted by atomic mass is 19.4. The zero-order valence-corrected chi connectivity index (χ0v) is 16.6. The maximum absolute atomic E-state index is 12.6. The zero-order valence-electron chi connectivity index (χ0n) is 16.6. The Balaban J connectivity index is 1.36. The van der Waals surface area contributed by atoms with Crippen LogP contribution in [0.25, 0.3) is 0 Å². The quantitative estimate of drug-likeness (QED) is 0.587. The lowest BCUT2D eigenvalue weighted by Gasteiger charge is -2.24. The molecule has 0 saturated heterocycles. The molecule has 0 aromatic heterocycles. The summed E-state index contributed by atoms with van der Waals surface area (Å²) < 4.78 is 37.7. The molecule has 3 rings (SSSR count). The fourth-order valence-electron chi connectivity index (χ4n) is 3.33. The van der Waals surface area contributed by atoms with Crippen LogP contribution in [0.15, 0.2) is 48.5 Å². The second-order valence-corrected chi connectivity index (χ2v) is 7.27. The van der Waals surface area contributed by atoms with Crippen LogP contribution in [0.2, 0.25) is 0 Å². The van der Waals surface area contributed by atoms with Gasteiger partial charge in [-0.05, 0) is 48.7 Å². The monoisotopic (exact) mass is 433 g/mol. The minimum absolute atomic E-state index is 0.0999. The lowest BCUT2D eigenvalue weighted by Crippen LogP contribution is -2.35. The van der Waals surface area contributed by atoms with Crippen molar-refractivity contribution in [2.45, 2.75) is 25.4 Å². The van der Waals surface area contributed by atoms with Gasteiger partial charge in [-0.1, -0.05) is 18.2 Å². The Kier molecular flexibility index (Phi) is 6.94. The Bertz CT molecular complexity index is 958. The molecule has 1 atom stereocenters. The second-order valence-electron chi connectivity index (χ2n) is 7.27. The van der Waals surface area contributed by atoms with Crippen molar-refractivity contribution in [3.05, 3.63) is 65.2 Å². The van der Waals surface area contributed by atoms with Gasteiger partial charge in [-0.3, -0.25) is 14.4 Å². The number of hydrogen-bond donors (Lipinski definition) is 3. The van der Waals surface area contributed by atoms with Gasteiger partial charge < -0.3 is 16.0 Å². The van der Waals surface area contributed by atoms with Crippen molar-refractivity contribution >= 4 is 23.4 Å². The van der Waals surface area contributed by atoms with Crippen molar-refractivity contribution in [2.75, 3.05) is 18.4 Å². The summed E-state index contributed by atoms with van der Waals surface area (Å²) in [5.74, 6) is -1.15. The van der Waals surface area contributed by atoms with Crippen LogP contribution in [0.3, 0.4) is 0 Å². The Morgan fingerprint density at radius 3 is 2.39 bits per heavy atom. The van der Waals surface area contributed by atoms with Crippen LogP contribution in [0.5, 0.6) is 0 Å². The maximum Gasteiger partial charge on any atom is 0.416 e. The van der Waals surface area contributed by atoms with Gasteiger partial charge in [0.05, 0.1) is 5.56 Å². The summed E-state index contributed by atoms with van der Waals surface area (Å²) in [5, 5.41) is 8.04. The number of nitrogens with one attached hydrogen (secondary N) is 3. The number of benzene rings is 2. The van der Waals surface area contributed by atoms with E-state index in [1.165, 1.54) is 0 Å². The summed E-state index contributed by atoms with van der Waals surface area (Å²) in [5.41, 5.74) is 1.12. The minimum atomic E-state index is -4.46. The highest BCUT2D eigenvalue weighted by Gasteiger charge is 2.30. The number of fused-ring (bicyclic) bond motifs is 1. The minimum Gasteiger partial charge on any atom is -0.354 e. The molecule has 0 bridgehead atoms. The number of anilines is 1. The van der Waals surface area contributed by atoms with Crippen molar-refractivity contribution in [1.29, 1.82) is 0 Å². The van der Waals surface area contributed by atoms with E-state index in [9.17, 15) is 27.6 Å². The van der Waals surface area contributed by atoms with E-state index in [-0.39, 0.29) is 42.8 Å². The van der Waals surface area contributed by atoms with Gasteiger partial charge in [-0.15, -0.1) is 0 Å². The molecule has 3 amide bonds. The highest BCUT2D eigenvalue weighted by Crippen LogP contribution is 2.29. The molecule has 0 radical (unpaired) electrons. The van der Waals surface area contributed by atoms with E-state index in [1.807, 2.05) is 24.3 Å². The summed E-state index contributed by atoms with van der Waals surface area (Å²) in [7, 11) is 0. The van der Waals surface area contributed by atoms with Crippen LogP contribution >= 0.6 is 0 Å². The number of para-hydroxylation sites is 1. The predicted molar refractivity (Wildman–Crippen MR) is 108 cm³/mol. The van der Waals surface area contributed by atoms with Crippen LogP contribution < -0.4 is 16.0 Å². The SMILES string of the molecule is O=C(CCC1Cc2ccccc2NC1=O)NCCNC(=O)c1ccc(C(F)(F)F)cc1. The summed E-state index contributed by atoms with van der Waals surface area (Å²) in [6.45, 7) is 0.299. The smallest absolute Gasteiger partial charge is 0.354 e. The van der Waals surface area contributed by atoms with Crippen molar-refractivity contribution in [3.63, 3.8) is 0 Å². The van der Waals surface area contributed by atoms with Crippen LogP contribution in [0.4, 0.5) is 18.9 Å². The molecule has 3 N–H and O–H groups in total. The fourth-order valence-corrected chi connectivity index (χ4v) is 3.33. The van der Waals surface area contributed by atoms with E-state index < -0.39 is 17.6 Å². The second kappa shape index (κ2) is 9.63. The molecule has 1 heterocycles. The third kappa shape index (κ3) is 6.07. The van der Waals surface area contributed by atoms with E-state index in [0.717, 1.165) is 35.5 Å². The van der Waals surface area contributed by atoms with Crippen molar-refractivity contribution in [3.8, 4) is 0 Å². The van der Waals surface area contributed by atoms with Gasteiger partial charge in [0.1, 0.15) is 0 Å². The van der Waals surface area contributed by atoms with E-state index >= 15 is 0 Å².